The van der Waals surface area contributed by atoms with Crippen LogP contribution in [0.25, 0.3) is 0 Å². The summed E-state index contributed by atoms with van der Waals surface area (Å²) < 4.78 is 11.9. The molecule has 0 amide bonds. The van der Waals surface area contributed by atoms with E-state index in [9.17, 15) is 19.5 Å². The second kappa shape index (κ2) is 11.9. The largest absolute Gasteiger partial charge is 0.462 e. The number of ketones is 1. The van der Waals surface area contributed by atoms with Gasteiger partial charge in [0.1, 0.15) is 11.7 Å². The highest BCUT2D eigenvalue weighted by Crippen LogP contribution is 2.77. The summed E-state index contributed by atoms with van der Waals surface area (Å²) in [6.07, 6.45) is 7.46. The molecule has 3 N–H and O–H groups in total. The summed E-state index contributed by atoms with van der Waals surface area (Å²) in [5.74, 6) is 0.836. The minimum Gasteiger partial charge on any atom is -0.462 e. The molecule has 7 heteroatoms. The Morgan fingerprint density at radius 1 is 0.896 bits per heavy atom. The van der Waals surface area contributed by atoms with Crippen LogP contribution >= 0.6 is 0 Å². The highest BCUT2D eigenvalue weighted by Gasteiger charge is 2.70. The van der Waals surface area contributed by atoms with E-state index in [0.29, 0.717) is 18.3 Å². The molecule has 7 nitrogen and oxygen atoms in total. The Morgan fingerprint density at radius 3 is 2.12 bits per heavy atom. The number of rotatable bonds is 7. The van der Waals surface area contributed by atoms with Crippen LogP contribution in [0.1, 0.15) is 147 Å². The van der Waals surface area contributed by atoms with E-state index in [1.165, 1.54) is 5.57 Å². The molecule has 4 saturated carbocycles. The first-order chi connectivity index (χ1) is 21.9. The van der Waals surface area contributed by atoms with E-state index in [1.807, 2.05) is 20.8 Å². The lowest BCUT2D eigenvalue weighted by molar-refractivity contribution is -0.235. The van der Waals surface area contributed by atoms with Crippen LogP contribution in [0.3, 0.4) is 0 Å². The summed E-state index contributed by atoms with van der Waals surface area (Å²) in [6, 6.07) is 0. The van der Waals surface area contributed by atoms with E-state index in [4.69, 9.17) is 15.2 Å². The number of Topliss-reactive ketones (excluding diaryl/α,β-unsaturated/α-hetero) is 1. The fourth-order valence-corrected chi connectivity index (χ4v) is 12.6. The Morgan fingerprint density at radius 2 is 1.54 bits per heavy atom. The molecule has 0 bridgehead atoms. The lowest BCUT2D eigenvalue weighted by Gasteiger charge is -2.72. The molecule has 48 heavy (non-hydrogen) atoms. The number of nitrogens with two attached hydrogens (primary N) is 1. The Bertz CT molecular complexity index is 1350. The van der Waals surface area contributed by atoms with E-state index < -0.39 is 22.5 Å². The van der Waals surface area contributed by atoms with Crippen molar-refractivity contribution >= 4 is 17.7 Å². The predicted molar refractivity (Wildman–Crippen MR) is 189 cm³/mol. The molecule has 5 rings (SSSR count). The molecular weight excluding hydrogens is 602 g/mol. The first kappa shape index (κ1) is 37.5. The van der Waals surface area contributed by atoms with Gasteiger partial charge in [0.05, 0.1) is 17.9 Å². The van der Waals surface area contributed by atoms with Gasteiger partial charge in [0.25, 0.3) is 0 Å². The standard InChI is InChI=1S/C41H67NO6/c1-24(2)32-26(43)21-41(29(44)23-42)20-19-39(11)25(33(32)41)13-14-28-38(10)17-16-30(37(8,9)27(38)15-18-40(28,39)12)47-31(45)22-36(6,7)34(46)48-35(3,4)5/h24-25,27-30,44H,13-23,42H2,1-12H3/t25-,27?,28-,29+,30+,38+,39-,40-,41+/m1/s1. The molecule has 0 heterocycles. The number of esters is 2. The zero-order valence-corrected chi connectivity index (χ0v) is 32.3. The van der Waals surface area contributed by atoms with Gasteiger partial charge in [-0.05, 0) is 131 Å². The van der Waals surface area contributed by atoms with Gasteiger partial charge in [0, 0.05) is 23.8 Å². The average molecular weight is 670 g/mol. The maximum atomic E-state index is 13.7. The lowest BCUT2D eigenvalue weighted by atomic mass is 9.33. The van der Waals surface area contributed by atoms with Crippen molar-refractivity contribution in [3.63, 3.8) is 0 Å². The normalized spacial score (nSPS) is 40.0. The molecule has 0 radical (unpaired) electrons. The molecule has 9 atom stereocenters. The molecule has 0 aromatic carbocycles. The van der Waals surface area contributed by atoms with E-state index in [0.717, 1.165) is 56.9 Å². The van der Waals surface area contributed by atoms with Crippen molar-refractivity contribution in [1.82, 2.24) is 0 Å². The summed E-state index contributed by atoms with van der Waals surface area (Å²) in [4.78, 5) is 39.9. The van der Waals surface area contributed by atoms with Gasteiger partial charge in [-0.2, -0.15) is 0 Å². The van der Waals surface area contributed by atoms with Crippen LogP contribution in [0.2, 0.25) is 0 Å². The van der Waals surface area contributed by atoms with Crippen molar-refractivity contribution in [2.45, 2.75) is 165 Å². The molecule has 0 aromatic heterocycles. The third kappa shape index (κ3) is 5.54. The van der Waals surface area contributed by atoms with Gasteiger partial charge in [-0.1, -0.05) is 54.0 Å². The van der Waals surface area contributed by atoms with Gasteiger partial charge in [-0.15, -0.1) is 0 Å². The first-order valence-electron chi connectivity index (χ1n) is 19.0. The van der Waals surface area contributed by atoms with Crippen LogP contribution in [0.15, 0.2) is 11.1 Å². The number of carbonyl (C=O) groups excluding carboxylic acids is 3. The molecule has 5 aliphatic carbocycles. The minimum absolute atomic E-state index is 0.00602. The monoisotopic (exact) mass is 669 g/mol. The molecule has 4 fully saturated rings. The van der Waals surface area contributed by atoms with Crippen molar-refractivity contribution in [3.05, 3.63) is 11.1 Å². The van der Waals surface area contributed by atoms with Crippen LogP contribution < -0.4 is 5.73 Å². The van der Waals surface area contributed by atoms with Gasteiger partial charge in [-0.3, -0.25) is 14.4 Å². The quantitative estimate of drug-likeness (QED) is 0.264. The smallest absolute Gasteiger partial charge is 0.312 e. The molecular formula is C41H67NO6. The minimum atomic E-state index is -0.967. The zero-order valence-electron chi connectivity index (χ0n) is 32.3. The third-order valence-corrected chi connectivity index (χ3v) is 15.1. The Labute approximate surface area is 290 Å². The molecule has 5 aliphatic rings. The van der Waals surface area contributed by atoms with Crippen LogP contribution in [-0.4, -0.2) is 47.2 Å². The lowest BCUT2D eigenvalue weighted by Crippen LogP contribution is -2.66. The van der Waals surface area contributed by atoms with Crippen molar-refractivity contribution in [2.24, 2.45) is 61.9 Å². The number of carbonyl (C=O) groups is 3. The number of aliphatic hydroxyl groups excluding tert-OH is 1. The van der Waals surface area contributed by atoms with Crippen LogP contribution in [-0.2, 0) is 23.9 Å². The third-order valence-electron chi connectivity index (χ3n) is 15.1. The van der Waals surface area contributed by atoms with Crippen LogP contribution in [0.4, 0.5) is 0 Å². The molecule has 0 spiro atoms. The topological polar surface area (TPSA) is 116 Å². The summed E-state index contributed by atoms with van der Waals surface area (Å²) in [5.41, 5.74) is 6.28. The van der Waals surface area contributed by atoms with E-state index in [1.54, 1.807) is 13.8 Å². The number of hydrogen-bond donors (Lipinski definition) is 2. The van der Waals surface area contributed by atoms with Crippen LogP contribution in [0.5, 0.6) is 0 Å². The number of ether oxygens (including phenoxy) is 2. The van der Waals surface area contributed by atoms with Crippen molar-refractivity contribution in [2.75, 3.05) is 6.54 Å². The number of allylic oxidation sites excluding steroid dienone is 1. The number of fused-ring (bicyclic) bond motifs is 7. The fraction of sp³-hybridized carbons (Fsp3) is 0.878. The maximum absolute atomic E-state index is 13.7. The van der Waals surface area contributed by atoms with Gasteiger partial charge >= 0.3 is 11.9 Å². The van der Waals surface area contributed by atoms with Gasteiger partial charge in [0.15, 0.2) is 5.78 Å². The molecule has 0 aromatic rings. The predicted octanol–water partition coefficient (Wildman–Crippen LogP) is 7.96. The highest BCUT2D eigenvalue weighted by molar-refractivity contribution is 6.00. The first-order valence-corrected chi connectivity index (χ1v) is 19.0. The molecule has 0 aliphatic heterocycles. The molecule has 0 saturated heterocycles. The van der Waals surface area contributed by atoms with Gasteiger partial charge in [0.2, 0.25) is 0 Å². The van der Waals surface area contributed by atoms with Crippen molar-refractivity contribution < 1.29 is 29.0 Å². The average Bonchev–Trinajstić information content (AvgIpc) is 3.26. The van der Waals surface area contributed by atoms with Gasteiger partial charge < -0.3 is 20.3 Å². The SMILES string of the molecule is CC(C)C1=C2[C@H]3CC[C@@H]4[C@@]5(C)CC[C@H](OC(=O)CC(C)(C)C(=O)OC(C)(C)C)C(C)(C)C5CC[C@@]4(C)[C@]3(C)CC[C@@]2([C@@H](O)CN)CC1=O. The number of aliphatic hydroxyl groups is 1. The second-order valence-electron chi connectivity index (χ2n) is 20.0. The zero-order chi connectivity index (χ0) is 36.0. The number of hydrogen-bond acceptors (Lipinski definition) is 7. The molecule has 1 unspecified atom stereocenters. The van der Waals surface area contributed by atoms with Crippen LogP contribution in [0, 0.1) is 56.2 Å². The summed E-state index contributed by atoms with van der Waals surface area (Å²) >= 11 is 0. The van der Waals surface area contributed by atoms with Gasteiger partial charge in [-0.25, -0.2) is 0 Å². The Kier molecular flexibility index (Phi) is 9.32. The summed E-state index contributed by atoms with van der Waals surface area (Å²) in [5, 5.41) is 11.4. The molecule has 272 valence electrons. The van der Waals surface area contributed by atoms with E-state index >= 15 is 0 Å². The fourth-order valence-electron chi connectivity index (χ4n) is 12.6. The Hall–Kier alpha value is -1.73. The van der Waals surface area contributed by atoms with Crippen molar-refractivity contribution in [1.29, 1.82) is 0 Å². The summed E-state index contributed by atoms with van der Waals surface area (Å²) in [7, 11) is 0. The van der Waals surface area contributed by atoms with E-state index in [-0.39, 0.29) is 70.3 Å². The summed E-state index contributed by atoms with van der Waals surface area (Å²) in [6.45, 7) is 25.7. The second-order valence-corrected chi connectivity index (χ2v) is 20.0. The highest BCUT2D eigenvalue weighted by atomic mass is 16.6. The Balaban J connectivity index is 1.40. The van der Waals surface area contributed by atoms with Crippen molar-refractivity contribution in [3.8, 4) is 0 Å². The van der Waals surface area contributed by atoms with E-state index in [2.05, 4.69) is 48.5 Å². The maximum Gasteiger partial charge on any atom is 0.312 e.